The molecule has 3 N–H and O–H groups in total. The van der Waals surface area contributed by atoms with Gasteiger partial charge in [-0.2, -0.15) is 4.98 Å². The number of likely N-dealkylation sites (tertiary alicyclic amines) is 1. The van der Waals surface area contributed by atoms with Crippen molar-refractivity contribution in [3.8, 4) is 0 Å². The zero-order valence-electron chi connectivity index (χ0n) is 23.0. The van der Waals surface area contributed by atoms with Crippen molar-refractivity contribution in [1.82, 2.24) is 14.9 Å². The lowest BCUT2D eigenvalue weighted by atomic mass is 9.83. The Morgan fingerprint density at radius 1 is 1.12 bits per heavy atom. The maximum atomic E-state index is 12.4. The lowest BCUT2D eigenvalue weighted by Crippen LogP contribution is -2.36. The zero-order valence-corrected chi connectivity index (χ0v) is 24.6. The quantitative estimate of drug-likeness (QED) is 0.325. The zero-order chi connectivity index (χ0) is 28.5. The fraction of sp³-hybridized carbons (Fsp3) is 0.414. The van der Waals surface area contributed by atoms with Gasteiger partial charge < -0.3 is 20.9 Å². The summed E-state index contributed by atoms with van der Waals surface area (Å²) in [5.41, 5.74) is 4.36. The van der Waals surface area contributed by atoms with Gasteiger partial charge in [0.25, 0.3) is 0 Å². The summed E-state index contributed by atoms with van der Waals surface area (Å²) < 4.78 is 22.9. The van der Waals surface area contributed by atoms with Crippen molar-refractivity contribution < 1.29 is 13.2 Å². The Morgan fingerprint density at radius 2 is 1.85 bits per heavy atom. The third kappa shape index (κ3) is 6.40. The van der Waals surface area contributed by atoms with Gasteiger partial charge in [0.05, 0.1) is 17.4 Å². The summed E-state index contributed by atoms with van der Waals surface area (Å²) in [4.78, 5) is 23.6. The Labute approximate surface area is 240 Å². The summed E-state index contributed by atoms with van der Waals surface area (Å²) in [6.45, 7) is 6.73. The molecule has 0 bridgehead atoms. The number of carbonyl (C=O) groups is 1. The van der Waals surface area contributed by atoms with Gasteiger partial charge in [-0.15, -0.1) is 0 Å². The molecule has 1 aromatic heterocycles. The first-order valence-corrected chi connectivity index (χ1v) is 15.9. The normalized spacial score (nSPS) is 17.4. The standard InChI is InChI=1S/C29H35ClN6O3S/c1-29(2)25-21(5-4-6-24(25)34-27(29)37)17-31-26-23(30)18-32-28(35-26)33-22-9-7-19(8-10-22)20-11-13-36(14-12-20)15-16-40(3,38)39/h4-10,18,20H,11-17H2,1-3H3,(H,34,37)(H2,31,32,33,35). The Hall–Kier alpha value is -3.21. The Kier molecular flexibility index (Phi) is 8.03. The molecule has 9 nitrogen and oxygen atoms in total. The van der Waals surface area contributed by atoms with Gasteiger partial charge in [-0.05, 0) is 80.6 Å². The minimum absolute atomic E-state index is 0.0115. The second kappa shape index (κ2) is 11.3. The van der Waals surface area contributed by atoms with Gasteiger partial charge in [0.15, 0.2) is 5.82 Å². The number of nitrogens with zero attached hydrogens (tertiary/aromatic N) is 3. The third-order valence-corrected chi connectivity index (χ3v) is 8.99. The molecule has 40 heavy (non-hydrogen) atoms. The van der Waals surface area contributed by atoms with E-state index in [1.54, 1.807) is 6.20 Å². The number of rotatable bonds is 9. The fourth-order valence-electron chi connectivity index (χ4n) is 5.46. The molecule has 3 aromatic rings. The molecule has 0 unspecified atom stereocenters. The maximum absolute atomic E-state index is 12.4. The number of amides is 1. The molecule has 0 radical (unpaired) electrons. The predicted molar refractivity (Wildman–Crippen MR) is 160 cm³/mol. The Bertz CT molecular complexity index is 1500. The number of anilines is 4. The van der Waals surface area contributed by atoms with Crippen molar-refractivity contribution in [1.29, 1.82) is 0 Å². The van der Waals surface area contributed by atoms with Gasteiger partial charge in [-0.25, -0.2) is 13.4 Å². The van der Waals surface area contributed by atoms with Crippen LogP contribution in [0, 0.1) is 0 Å². The Morgan fingerprint density at radius 3 is 2.55 bits per heavy atom. The topological polar surface area (TPSA) is 116 Å². The highest BCUT2D eigenvalue weighted by molar-refractivity contribution is 7.90. The molecule has 212 valence electrons. The number of hydrogen-bond donors (Lipinski definition) is 3. The molecule has 0 spiro atoms. The molecule has 11 heteroatoms. The average Bonchev–Trinajstić information content (AvgIpc) is 3.16. The van der Waals surface area contributed by atoms with Crippen LogP contribution in [0.1, 0.15) is 49.3 Å². The van der Waals surface area contributed by atoms with E-state index >= 15 is 0 Å². The molecular formula is C29H35ClN6O3S. The molecule has 1 fully saturated rings. The van der Waals surface area contributed by atoms with E-state index in [1.807, 2.05) is 44.2 Å². The van der Waals surface area contributed by atoms with E-state index in [0.29, 0.717) is 35.8 Å². The number of nitrogens with one attached hydrogen (secondary N) is 3. The summed E-state index contributed by atoms with van der Waals surface area (Å²) in [7, 11) is -2.93. The first kappa shape index (κ1) is 28.3. The number of halogens is 1. The molecule has 2 aromatic carbocycles. The summed E-state index contributed by atoms with van der Waals surface area (Å²) in [5.74, 6) is 1.59. The second-order valence-corrected chi connectivity index (χ2v) is 13.8. The number of hydrogen-bond acceptors (Lipinski definition) is 8. The van der Waals surface area contributed by atoms with Crippen LogP contribution in [0.2, 0.25) is 5.02 Å². The molecule has 0 saturated carbocycles. The van der Waals surface area contributed by atoms with Gasteiger partial charge in [0.1, 0.15) is 14.9 Å². The van der Waals surface area contributed by atoms with Crippen molar-refractivity contribution in [2.24, 2.45) is 0 Å². The maximum Gasteiger partial charge on any atom is 0.234 e. The van der Waals surface area contributed by atoms with Crippen LogP contribution in [0.4, 0.5) is 23.1 Å². The van der Waals surface area contributed by atoms with Crippen molar-refractivity contribution >= 4 is 50.5 Å². The first-order chi connectivity index (χ1) is 19.0. The van der Waals surface area contributed by atoms with E-state index in [0.717, 1.165) is 48.4 Å². The number of aromatic nitrogens is 2. The van der Waals surface area contributed by atoms with E-state index in [9.17, 15) is 13.2 Å². The fourth-order valence-corrected chi connectivity index (χ4v) is 6.21. The molecular weight excluding hydrogens is 548 g/mol. The molecule has 0 aliphatic carbocycles. The van der Waals surface area contributed by atoms with E-state index in [-0.39, 0.29) is 11.7 Å². The Balaban J connectivity index is 1.20. The van der Waals surface area contributed by atoms with Gasteiger partial charge in [0, 0.05) is 30.7 Å². The van der Waals surface area contributed by atoms with Crippen LogP contribution in [0.25, 0.3) is 0 Å². The van der Waals surface area contributed by atoms with Crippen molar-refractivity contribution in [2.45, 2.75) is 44.6 Å². The summed E-state index contributed by atoms with van der Waals surface area (Å²) in [5, 5.41) is 9.94. The highest BCUT2D eigenvalue weighted by atomic mass is 35.5. The van der Waals surface area contributed by atoms with E-state index < -0.39 is 15.3 Å². The molecule has 1 saturated heterocycles. The van der Waals surface area contributed by atoms with E-state index in [2.05, 4.69) is 43.0 Å². The lowest BCUT2D eigenvalue weighted by molar-refractivity contribution is -0.119. The summed E-state index contributed by atoms with van der Waals surface area (Å²) in [6, 6.07) is 14.1. The van der Waals surface area contributed by atoms with Crippen LogP contribution in [0.15, 0.2) is 48.7 Å². The predicted octanol–water partition coefficient (Wildman–Crippen LogP) is 4.94. The number of sulfone groups is 1. The van der Waals surface area contributed by atoms with Crippen LogP contribution in [-0.2, 0) is 26.6 Å². The molecule has 5 rings (SSSR count). The van der Waals surface area contributed by atoms with Crippen LogP contribution < -0.4 is 16.0 Å². The molecule has 2 aliphatic rings. The highest BCUT2D eigenvalue weighted by Gasteiger charge is 2.39. The number of benzene rings is 2. The average molecular weight is 583 g/mol. The largest absolute Gasteiger partial charge is 0.365 e. The first-order valence-electron chi connectivity index (χ1n) is 13.5. The van der Waals surface area contributed by atoms with Gasteiger partial charge in [0.2, 0.25) is 11.9 Å². The molecule has 0 atom stereocenters. The number of carbonyl (C=O) groups excluding carboxylic acids is 1. The summed E-state index contributed by atoms with van der Waals surface area (Å²) >= 11 is 6.41. The van der Waals surface area contributed by atoms with Crippen LogP contribution in [-0.4, -0.2) is 60.8 Å². The SMILES string of the molecule is CC1(C)C(=O)Nc2cccc(CNc3nc(Nc4ccc(C5CCN(CCS(C)(=O)=O)CC5)cc4)ncc3Cl)c21. The number of fused-ring (bicyclic) bond motifs is 1. The number of piperidine rings is 1. The summed E-state index contributed by atoms with van der Waals surface area (Å²) in [6.07, 6.45) is 4.88. The van der Waals surface area contributed by atoms with Gasteiger partial charge >= 0.3 is 0 Å². The van der Waals surface area contributed by atoms with Gasteiger partial charge in [-0.1, -0.05) is 35.9 Å². The third-order valence-electron chi connectivity index (χ3n) is 7.79. The van der Waals surface area contributed by atoms with Crippen LogP contribution >= 0.6 is 11.6 Å². The highest BCUT2D eigenvalue weighted by Crippen LogP contribution is 2.40. The molecule has 1 amide bonds. The monoisotopic (exact) mass is 582 g/mol. The van der Waals surface area contributed by atoms with Gasteiger partial charge in [-0.3, -0.25) is 4.79 Å². The van der Waals surface area contributed by atoms with Crippen molar-refractivity contribution in [2.75, 3.05) is 47.6 Å². The molecule has 3 heterocycles. The second-order valence-electron chi connectivity index (χ2n) is 11.2. The van der Waals surface area contributed by atoms with E-state index in [4.69, 9.17) is 11.6 Å². The van der Waals surface area contributed by atoms with Crippen LogP contribution in [0.3, 0.4) is 0 Å². The lowest BCUT2D eigenvalue weighted by Gasteiger charge is -2.32. The van der Waals surface area contributed by atoms with Crippen molar-refractivity contribution in [3.63, 3.8) is 0 Å². The smallest absolute Gasteiger partial charge is 0.234 e. The minimum Gasteiger partial charge on any atom is -0.365 e. The molecule has 2 aliphatic heterocycles. The van der Waals surface area contributed by atoms with E-state index in [1.165, 1.54) is 11.8 Å². The minimum atomic E-state index is -2.93. The van der Waals surface area contributed by atoms with Crippen molar-refractivity contribution in [3.05, 3.63) is 70.4 Å². The van der Waals surface area contributed by atoms with Crippen LogP contribution in [0.5, 0.6) is 0 Å².